The van der Waals surface area contributed by atoms with Crippen LogP contribution in [0.5, 0.6) is 0 Å². The Balaban J connectivity index is 1.61. The number of hydrogen-bond acceptors (Lipinski definition) is 6. The number of rotatable bonds is 3. The molecule has 0 aromatic carbocycles. The summed E-state index contributed by atoms with van der Waals surface area (Å²) >= 11 is 7.63. The quantitative estimate of drug-likeness (QED) is 0.691. The van der Waals surface area contributed by atoms with Crippen LogP contribution in [0.15, 0.2) is 42.7 Å². The number of ether oxygens (including phenoxy) is 1. The summed E-state index contributed by atoms with van der Waals surface area (Å²) in [6, 6.07) is 9.84. The van der Waals surface area contributed by atoms with Gasteiger partial charge in [-0.2, -0.15) is 0 Å². The third-order valence-electron chi connectivity index (χ3n) is 4.06. The second-order valence-electron chi connectivity index (χ2n) is 5.88. The van der Waals surface area contributed by atoms with Crippen LogP contribution in [0.3, 0.4) is 0 Å². The van der Waals surface area contributed by atoms with E-state index in [1.165, 1.54) is 0 Å². The fraction of sp³-hybridized carbons (Fsp3) is 0.278. The molecular formula is C18H17ClN4OS. The van der Waals surface area contributed by atoms with Crippen molar-refractivity contribution >= 4 is 28.8 Å². The van der Waals surface area contributed by atoms with Gasteiger partial charge in [0, 0.05) is 41.1 Å². The lowest BCUT2D eigenvalue weighted by atomic mass is 10.2. The Morgan fingerprint density at radius 2 is 2.20 bits per heavy atom. The lowest BCUT2D eigenvalue weighted by Crippen LogP contribution is -2.38. The number of aromatic nitrogens is 3. The second-order valence-corrected chi connectivity index (χ2v) is 7.63. The molecule has 0 amide bonds. The van der Waals surface area contributed by atoms with Gasteiger partial charge >= 0.3 is 0 Å². The molecule has 128 valence electrons. The van der Waals surface area contributed by atoms with Crippen LogP contribution in [0.2, 0.25) is 4.34 Å². The van der Waals surface area contributed by atoms with Gasteiger partial charge in [-0.15, -0.1) is 11.3 Å². The van der Waals surface area contributed by atoms with E-state index in [2.05, 4.69) is 14.9 Å². The van der Waals surface area contributed by atoms with Crippen LogP contribution in [-0.2, 0) is 4.74 Å². The maximum Gasteiger partial charge on any atom is 0.163 e. The third kappa shape index (κ3) is 3.66. The van der Waals surface area contributed by atoms with Crippen LogP contribution in [0.25, 0.3) is 11.4 Å². The zero-order valence-corrected chi connectivity index (χ0v) is 15.3. The van der Waals surface area contributed by atoms with Gasteiger partial charge in [0.05, 0.1) is 17.5 Å². The summed E-state index contributed by atoms with van der Waals surface area (Å²) in [6.45, 7) is 4.20. The predicted octanol–water partition coefficient (Wildman–Crippen LogP) is 4.14. The van der Waals surface area contributed by atoms with Crippen molar-refractivity contribution in [3.8, 4) is 11.4 Å². The molecule has 1 aliphatic rings. The van der Waals surface area contributed by atoms with Crippen molar-refractivity contribution in [2.75, 3.05) is 24.6 Å². The van der Waals surface area contributed by atoms with Gasteiger partial charge in [0.1, 0.15) is 11.9 Å². The Hall–Kier alpha value is -2.02. The first-order valence-electron chi connectivity index (χ1n) is 8.07. The maximum atomic E-state index is 6.07. The van der Waals surface area contributed by atoms with Crippen molar-refractivity contribution in [1.29, 1.82) is 0 Å². The minimum atomic E-state index is 0.0170. The standard InChI is InChI=1S/C18H17ClN4OS/c1-12-9-17(22-18(21-12)13-3-2-6-20-10-13)23-7-8-24-14(11-23)15-4-5-16(19)25-15/h2-6,9-10,14H,7-8,11H2,1H3. The molecule has 5 nitrogen and oxygen atoms in total. The second kappa shape index (κ2) is 7.07. The molecule has 0 N–H and O–H groups in total. The topological polar surface area (TPSA) is 51.1 Å². The van der Waals surface area contributed by atoms with E-state index in [1.807, 2.05) is 37.3 Å². The Bertz CT molecular complexity index is 871. The lowest BCUT2D eigenvalue weighted by molar-refractivity contribution is 0.0418. The van der Waals surface area contributed by atoms with E-state index in [-0.39, 0.29) is 6.10 Å². The summed E-state index contributed by atoms with van der Waals surface area (Å²) in [5.74, 6) is 1.62. The normalized spacial score (nSPS) is 17.7. The summed E-state index contributed by atoms with van der Waals surface area (Å²) in [7, 11) is 0. The van der Waals surface area contributed by atoms with Crippen LogP contribution in [0.1, 0.15) is 16.7 Å². The predicted molar refractivity (Wildman–Crippen MR) is 100 cm³/mol. The molecule has 7 heteroatoms. The molecule has 1 unspecified atom stereocenters. The highest BCUT2D eigenvalue weighted by Crippen LogP contribution is 2.32. The van der Waals surface area contributed by atoms with Crippen LogP contribution in [0, 0.1) is 6.92 Å². The average Bonchev–Trinajstić information content (AvgIpc) is 3.08. The first kappa shape index (κ1) is 16.4. The number of thiophene rings is 1. The van der Waals surface area contributed by atoms with Crippen molar-refractivity contribution in [2.45, 2.75) is 13.0 Å². The highest BCUT2D eigenvalue weighted by molar-refractivity contribution is 7.16. The Kier molecular flexibility index (Phi) is 4.65. The highest BCUT2D eigenvalue weighted by Gasteiger charge is 2.24. The zero-order chi connectivity index (χ0) is 17.2. The van der Waals surface area contributed by atoms with Crippen molar-refractivity contribution < 1.29 is 4.74 Å². The monoisotopic (exact) mass is 372 g/mol. The fourth-order valence-electron chi connectivity index (χ4n) is 2.87. The maximum absolute atomic E-state index is 6.07. The average molecular weight is 373 g/mol. The lowest BCUT2D eigenvalue weighted by Gasteiger charge is -2.33. The fourth-order valence-corrected chi connectivity index (χ4v) is 3.97. The molecule has 1 aliphatic heterocycles. The largest absolute Gasteiger partial charge is 0.369 e. The Morgan fingerprint density at radius 1 is 1.28 bits per heavy atom. The number of morpholine rings is 1. The molecule has 0 radical (unpaired) electrons. The Morgan fingerprint density at radius 3 is 2.96 bits per heavy atom. The molecule has 1 saturated heterocycles. The SMILES string of the molecule is Cc1cc(N2CCOC(c3ccc(Cl)s3)C2)nc(-c2cccnc2)n1. The van der Waals surface area contributed by atoms with Gasteiger partial charge in [-0.25, -0.2) is 9.97 Å². The molecule has 0 saturated carbocycles. The zero-order valence-electron chi connectivity index (χ0n) is 13.7. The van der Waals surface area contributed by atoms with Gasteiger partial charge < -0.3 is 9.64 Å². The molecule has 1 atom stereocenters. The van der Waals surface area contributed by atoms with Gasteiger partial charge in [0.2, 0.25) is 0 Å². The van der Waals surface area contributed by atoms with E-state index >= 15 is 0 Å². The van der Waals surface area contributed by atoms with E-state index in [1.54, 1.807) is 23.7 Å². The summed E-state index contributed by atoms with van der Waals surface area (Å²) in [4.78, 5) is 16.9. The summed E-state index contributed by atoms with van der Waals surface area (Å²) < 4.78 is 6.72. The smallest absolute Gasteiger partial charge is 0.163 e. The summed E-state index contributed by atoms with van der Waals surface area (Å²) in [5, 5.41) is 0. The van der Waals surface area contributed by atoms with Crippen LogP contribution in [-0.4, -0.2) is 34.6 Å². The van der Waals surface area contributed by atoms with Crippen LogP contribution < -0.4 is 4.90 Å². The molecule has 1 fully saturated rings. The summed E-state index contributed by atoms with van der Waals surface area (Å²) in [5.41, 5.74) is 1.85. The number of nitrogens with zero attached hydrogens (tertiary/aromatic N) is 4. The molecule has 0 bridgehead atoms. The molecule has 3 aromatic heterocycles. The molecule has 3 aromatic rings. The van der Waals surface area contributed by atoms with Crippen LogP contribution >= 0.6 is 22.9 Å². The summed E-state index contributed by atoms with van der Waals surface area (Å²) in [6.07, 6.45) is 3.55. The van der Waals surface area contributed by atoms with Gasteiger partial charge in [-0.3, -0.25) is 4.98 Å². The van der Waals surface area contributed by atoms with Crippen molar-refractivity contribution in [1.82, 2.24) is 15.0 Å². The number of pyridine rings is 1. The molecule has 25 heavy (non-hydrogen) atoms. The third-order valence-corrected chi connectivity index (χ3v) is 5.39. The van der Waals surface area contributed by atoms with Gasteiger partial charge in [0.15, 0.2) is 5.82 Å². The highest BCUT2D eigenvalue weighted by atomic mass is 35.5. The molecule has 4 rings (SSSR count). The van der Waals surface area contributed by atoms with Gasteiger partial charge in [-0.05, 0) is 31.2 Å². The van der Waals surface area contributed by atoms with Crippen molar-refractivity contribution in [3.05, 3.63) is 57.6 Å². The first-order chi connectivity index (χ1) is 12.2. The molecular weight excluding hydrogens is 356 g/mol. The minimum absolute atomic E-state index is 0.0170. The van der Waals surface area contributed by atoms with Gasteiger partial charge in [0.25, 0.3) is 0 Å². The number of hydrogen-bond donors (Lipinski definition) is 0. The molecule has 4 heterocycles. The number of aryl methyl sites for hydroxylation is 1. The van der Waals surface area contributed by atoms with Crippen molar-refractivity contribution in [2.24, 2.45) is 0 Å². The minimum Gasteiger partial charge on any atom is -0.369 e. The van der Waals surface area contributed by atoms with Crippen molar-refractivity contribution in [3.63, 3.8) is 0 Å². The molecule has 0 aliphatic carbocycles. The van der Waals surface area contributed by atoms with E-state index < -0.39 is 0 Å². The Labute approximate surface area is 155 Å². The molecule has 0 spiro atoms. The number of anilines is 1. The van der Waals surface area contributed by atoms with E-state index in [9.17, 15) is 0 Å². The van der Waals surface area contributed by atoms with Gasteiger partial charge in [-0.1, -0.05) is 11.6 Å². The van der Waals surface area contributed by atoms with E-state index in [0.29, 0.717) is 12.4 Å². The van der Waals surface area contributed by atoms with Crippen LogP contribution in [0.4, 0.5) is 5.82 Å². The van der Waals surface area contributed by atoms with E-state index in [0.717, 1.165) is 39.4 Å². The number of halogens is 1. The first-order valence-corrected chi connectivity index (χ1v) is 9.26. The van der Waals surface area contributed by atoms with E-state index in [4.69, 9.17) is 21.3 Å².